The van der Waals surface area contributed by atoms with Gasteiger partial charge < -0.3 is 10.3 Å². The fourth-order valence-electron chi connectivity index (χ4n) is 3.00. The van der Waals surface area contributed by atoms with E-state index in [0.29, 0.717) is 16.7 Å². The van der Waals surface area contributed by atoms with Gasteiger partial charge in [-0.1, -0.05) is 0 Å². The Morgan fingerprint density at radius 2 is 2.10 bits per heavy atom. The van der Waals surface area contributed by atoms with E-state index in [9.17, 15) is 9.18 Å². The average Bonchev–Trinajstić information content (AvgIpc) is 2.84. The Balaban J connectivity index is 2.01. The van der Waals surface area contributed by atoms with Gasteiger partial charge in [0.05, 0.1) is 11.9 Å². The summed E-state index contributed by atoms with van der Waals surface area (Å²) in [5.74, 6) is -0.160. The van der Waals surface area contributed by atoms with Crippen LogP contribution in [0, 0.1) is 5.82 Å². The van der Waals surface area contributed by atoms with Crippen molar-refractivity contribution < 1.29 is 4.39 Å². The van der Waals surface area contributed by atoms with E-state index in [1.165, 1.54) is 6.07 Å². The average molecular weight is 287 g/mol. The Kier molecular flexibility index (Phi) is 2.75. The van der Waals surface area contributed by atoms with Crippen LogP contribution in [0.1, 0.15) is 24.5 Å². The molecule has 0 radical (unpaired) electrons. The second-order valence-corrected chi connectivity index (χ2v) is 5.36. The van der Waals surface area contributed by atoms with Crippen LogP contribution in [0.25, 0.3) is 16.7 Å². The molecule has 0 aromatic carbocycles. The van der Waals surface area contributed by atoms with E-state index >= 15 is 0 Å². The third kappa shape index (κ3) is 2.01. The molecule has 0 bridgehead atoms. The molecule has 0 amide bonds. The molecule has 4 heterocycles. The molecule has 1 aliphatic rings. The lowest BCUT2D eigenvalue weighted by molar-refractivity contribution is 0.446. The minimum absolute atomic E-state index is 0.177. The van der Waals surface area contributed by atoms with Gasteiger partial charge in [-0.25, -0.2) is 13.9 Å². The Morgan fingerprint density at radius 3 is 2.90 bits per heavy atom. The van der Waals surface area contributed by atoms with Crippen LogP contribution in [0.3, 0.4) is 0 Å². The van der Waals surface area contributed by atoms with E-state index in [1.807, 2.05) is 0 Å². The minimum Gasteiger partial charge on any atom is -0.317 e. The Morgan fingerprint density at radius 1 is 1.29 bits per heavy atom. The summed E-state index contributed by atoms with van der Waals surface area (Å²) >= 11 is 0. The van der Waals surface area contributed by atoms with Crippen LogP contribution in [0.5, 0.6) is 0 Å². The van der Waals surface area contributed by atoms with Crippen LogP contribution in [-0.4, -0.2) is 32.7 Å². The normalized spacial score (nSPS) is 16.8. The van der Waals surface area contributed by atoms with E-state index in [2.05, 4.69) is 20.4 Å². The summed E-state index contributed by atoms with van der Waals surface area (Å²) in [6.45, 7) is 1.85. The summed E-state index contributed by atoms with van der Waals surface area (Å²) in [5.41, 5.74) is 2.19. The van der Waals surface area contributed by atoms with Gasteiger partial charge in [0.25, 0.3) is 5.56 Å². The highest BCUT2D eigenvalue weighted by molar-refractivity contribution is 5.87. The molecule has 6 nitrogen and oxygen atoms in total. The molecule has 1 fully saturated rings. The van der Waals surface area contributed by atoms with Crippen molar-refractivity contribution in [1.82, 2.24) is 24.9 Å². The third-order valence-electron chi connectivity index (χ3n) is 4.00. The first-order chi connectivity index (χ1) is 10.2. The van der Waals surface area contributed by atoms with Gasteiger partial charge >= 0.3 is 0 Å². The number of H-pyrrole nitrogens is 1. The van der Waals surface area contributed by atoms with Gasteiger partial charge in [-0.05, 0) is 25.9 Å². The van der Waals surface area contributed by atoms with Crippen molar-refractivity contribution >= 4 is 16.7 Å². The first kappa shape index (κ1) is 12.5. The predicted molar refractivity (Wildman–Crippen MR) is 75.9 cm³/mol. The molecular weight excluding hydrogens is 273 g/mol. The monoisotopic (exact) mass is 287 g/mol. The summed E-state index contributed by atoms with van der Waals surface area (Å²) in [5, 5.41) is 7.72. The topological polar surface area (TPSA) is 75.1 Å². The second kappa shape index (κ2) is 4.63. The van der Waals surface area contributed by atoms with Crippen molar-refractivity contribution in [2.75, 3.05) is 13.1 Å². The number of hydrogen-bond acceptors (Lipinski definition) is 4. The van der Waals surface area contributed by atoms with E-state index < -0.39 is 5.82 Å². The maximum atomic E-state index is 13.3. The molecule has 0 spiro atoms. The molecule has 1 aliphatic heterocycles. The first-order valence-corrected chi connectivity index (χ1v) is 7.00. The smallest absolute Gasteiger partial charge is 0.251 e. The zero-order valence-electron chi connectivity index (χ0n) is 11.3. The Labute approximate surface area is 119 Å². The van der Waals surface area contributed by atoms with Crippen LogP contribution in [0.15, 0.2) is 23.1 Å². The highest BCUT2D eigenvalue weighted by atomic mass is 19.1. The minimum atomic E-state index is -0.434. The number of nitrogens with one attached hydrogen (secondary N) is 2. The number of rotatable bonds is 1. The molecule has 1 saturated heterocycles. The molecule has 0 unspecified atom stereocenters. The maximum Gasteiger partial charge on any atom is 0.251 e. The first-order valence-electron chi connectivity index (χ1n) is 7.00. The number of hydrogen-bond donors (Lipinski definition) is 2. The van der Waals surface area contributed by atoms with Crippen LogP contribution in [0.4, 0.5) is 4.39 Å². The molecule has 4 rings (SSSR count). The SMILES string of the molecule is O=c1cc(C2CCNCC2)n2nc3cc(F)cnc3c2[nH]1. The van der Waals surface area contributed by atoms with Crippen LogP contribution in [0.2, 0.25) is 0 Å². The van der Waals surface area contributed by atoms with Crippen molar-refractivity contribution in [2.24, 2.45) is 0 Å². The van der Waals surface area contributed by atoms with Gasteiger partial charge in [0, 0.05) is 18.1 Å². The predicted octanol–water partition coefficient (Wildman–Crippen LogP) is 1.18. The molecule has 21 heavy (non-hydrogen) atoms. The zero-order chi connectivity index (χ0) is 14.4. The van der Waals surface area contributed by atoms with Gasteiger partial charge in [0.2, 0.25) is 0 Å². The van der Waals surface area contributed by atoms with Crippen LogP contribution in [-0.2, 0) is 0 Å². The summed E-state index contributed by atoms with van der Waals surface area (Å²) in [7, 11) is 0. The molecule has 2 N–H and O–H groups in total. The van der Waals surface area contributed by atoms with Crippen molar-refractivity contribution in [1.29, 1.82) is 0 Å². The number of halogens is 1. The van der Waals surface area contributed by atoms with E-state index in [0.717, 1.165) is 37.8 Å². The fourth-order valence-corrected chi connectivity index (χ4v) is 3.00. The highest BCUT2D eigenvalue weighted by Gasteiger charge is 2.21. The Bertz CT molecular complexity index is 878. The molecule has 108 valence electrons. The number of piperidine rings is 1. The second-order valence-electron chi connectivity index (χ2n) is 5.36. The Hall–Kier alpha value is -2.28. The highest BCUT2D eigenvalue weighted by Crippen LogP contribution is 2.26. The molecule has 0 aliphatic carbocycles. The summed E-state index contributed by atoms with van der Waals surface area (Å²) in [6.07, 6.45) is 3.05. The van der Waals surface area contributed by atoms with Gasteiger partial charge in [-0.2, -0.15) is 5.10 Å². The van der Waals surface area contributed by atoms with Crippen molar-refractivity contribution in [2.45, 2.75) is 18.8 Å². The standard InChI is InChI=1S/C14H14FN5O/c15-9-5-10-13(17-7-9)14-18-12(21)6-11(20(14)19-10)8-1-3-16-4-2-8/h5-8,16H,1-4H2,(H,18,21). The van der Waals surface area contributed by atoms with E-state index in [4.69, 9.17) is 0 Å². The van der Waals surface area contributed by atoms with Crippen molar-refractivity contribution in [3.8, 4) is 0 Å². The van der Waals surface area contributed by atoms with Crippen molar-refractivity contribution in [3.05, 3.63) is 40.2 Å². The number of fused-ring (bicyclic) bond motifs is 3. The summed E-state index contributed by atoms with van der Waals surface area (Å²) in [6, 6.07) is 2.92. The molecule has 3 aromatic heterocycles. The lowest BCUT2D eigenvalue weighted by Gasteiger charge is -2.22. The number of aromatic nitrogens is 4. The fraction of sp³-hybridized carbons (Fsp3) is 0.357. The lowest BCUT2D eigenvalue weighted by Crippen LogP contribution is -2.28. The van der Waals surface area contributed by atoms with Gasteiger partial charge in [-0.15, -0.1) is 0 Å². The molecule has 3 aromatic rings. The largest absolute Gasteiger partial charge is 0.317 e. The summed E-state index contributed by atoms with van der Waals surface area (Å²) in [4.78, 5) is 18.8. The lowest BCUT2D eigenvalue weighted by atomic mass is 9.94. The van der Waals surface area contributed by atoms with Gasteiger partial charge in [-0.3, -0.25) is 4.79 Å². The quantitative estimate of drug-likeness (QED) is 0.704. The van der Waals surface area contributed by atoms with E-state index in [1.54, 1.807) is 10.6 Å². The van der Waals surface area contributed by atoms with Crippen LogP contribution < -0.4 is 10.9 Å². The number of nitrogens with zero attached hydrogens (tertiary/aromatic N) is 3. The molecule has 0 saturated carbocycles. The van der Waals surface area contributed by atoms with E-state index in [-0.39, 0.29) is 11.5 Å². The molecule has 0 atom stereocenters. The number of aromatic amines is 1. The zero-order valence-corrected chi connectivity index (χ0v) is 11.3. The number of pyridine rings is 1. The van der Waals surface area contributed by atoms with Crippen LogP contribution >= 0.6 is 0 Å². The summed E-state index contributed by atoms with van der Waals surface area (Å²) < 4.78 is 15.0. The third-order valence-corrected chi connectivity index (χ3v) is 4.00. The molecular formula is C14H14FN5O. The van der Waals surface area contributed by atoms with Crippen molar-refractivity contribution in [3.63, 3.8) is 0 Å². The van der Waals surface area contributed by atoms with Gasteiger partial charge in [0.15, 0.2) is 5.65 Å². The maximum absolute atomic E-state index is 13.3. The molecule has 7 heteroatoms. The van der Waals surface area contributed by atoms with Gasteiger partial charge in [0.1, 0.15) is 16.9 Å².